The summed E-state index contributed by atoms with van der Waals surface area (Å²) in [7, 11) is 0. The van der Waals surface area contributed by atoms with Gasteiger partial charge in [0.2, 0.25) is 0 Å². The molecule has 0 aliphatic heterocycles. The van der Waals surface area contributed by atoms with Crippen molar-refractivity contribution in [3.8, 4) is 0 Å². The van der Waals surface area contributed by atoms with E-state index in [1.165, 1.54) is 0 Å². The van der Waals surface area contributed by atoms with Gasteiger partial charge in [-0.05, 0) is 25.7 Å². The van der Waals surface area contributed by atoms with Crippen LogP contribution in [0.5, 0.6) is 0 Å². The molecule has 4 heteroatoms. The minimum Gasteiger partial charge on any atom is -0.465 e. The van der Waals surface area contributed by atoms with Crippen LogP contribution in [0.3, 0.4) is 0 Å². The Hall–Kier alpha value is -0.770. The molecule has 4 nitrogen and oxygen atoms in total. The van der Waals surface area contributed by atoms with Gasteiger partial charge in [-0.1, -0.05) is 0 Å². The molecule has 1 amide bonds. The summed E-state index contributed by atoms with van der Waals surface area (Å²) in [6, 6.07) is -0.0451. The smallest absolute Gasteiger partial charge is 0.404 e. The van der Waals surface area contributed by atoms with Gasteiger partial charge in [0, 0.05) is 6.04 Å². The van der Waals surface area contributed by atoms with Gasteiger partial charge in [0.1, 0.15) is 0 Å². The molecule has 2 atom stereocenters. The molecule has 1 aliphatic carbocycles. The summed E-state index contributed by atoms with van der Waals surface area (Å²) < 4.78 is 0. The van der Waals surface area contributed by atoms with E-state index in [1.807, 2.05) is 0 Å². The first kappa shape index (κ1) is 8.33. The van der Waals surface area contributed by atoms with Crippen LogP contribution in [-0.2, 0) is 0 Å². The molecule has 0 aromatic rings. The number of hydrogen-bond acceptors (Lipinski definition) is 2. The third kappa shape index (κ3) is 2.76. The van der Waals surface area contributed by atoms with Crippen molar-refractivity contribution in [3.05, 3.63) is 0 Å². The molecule has 0 saturated heterocycles. The highest BCUT2D eigenvalue weighted by Gasteiger charge is 2.20. The second-order valence-corrected chi connectivity index (χ2v) is 2.97. The molecule has 0 bridgehead atoms. The summed E-state index contributed by atoms with van der Waals surface area (Å²) in [5.74, 6) is 0. The molecule has 1 rings (SSSR count). The minimum absolute atomic E-state index is 0.0451. The molecular weight excluding hydrogens is 146 g/mol. The van der Waals surface area contributed by atoms with E-state index in [1.54, 1.807) is 0 Å². The van der Waals surface area contributed by atoms with Crippen molar-refractivity contribution in [2.75, 3.05) is 0 Å². The number of aliphatic hydroxyl groups is 1. The van der Waals surface area contributed by atoms with Crippen molar-refractivity contribution >= 4 is 6.09 Å². The first-order chi connectivity index (χ1) is 5.18. The highest BCUT2D eigenvalue weighted by atomic mass is 16.4. The Bertz CT molecular complexity index is 149. The van der Waals surface area contributed by atoms with E-state index in [-0.39, 0.29) is 12.1 Å². The number of amides is 1. The van der Waals surface area contributed by atoms with Crippen LogP contribution < -0.4 is 5.32 Å². The quantitative estimate of drug-likeness (QED) is 0.523. The van der Waals surface area contributed by atoms with Gasteiger partial charge >= 0.3 is 6.09 Å². The highest BCUT2D eigenvalue weighted by Crippen LogP contribution is 2.17. The average Bonchev–Trinajstić information content (AvgIpc) is 1.85. The van der Waals surface area contributed by atoms with Crippen LogP contribution >= 0.6 is 0 Å². The van der Waals surface area contributed by atoms with E-state index in [2.05, 4.69) is 5.32 Å². The fraction of sp³-hybridized carbons (Fsp3) is 0.857. The van der Waals surface area contributed by atoms with E-state index in [4.69, 9.17) is 10.2 Å². The van der Waals surface area contributed by atoms with Crippen LogP contribution in [0.1, 0.15) is 25.7 Å². The Morgan fingerprint density at radius 2 is 2.18 bits per heavy atom. The fourth-order valence-electron chi connectivity index (χ4n) is 1.47. The Morgan fingerprint density at radius 1 is 1.45 bits per heavy atom. The van der Waals surface area contributed by atoms with E-state index in [9.17, 15) is 4.79 Å². The van der Waals surface area contributed by atoms with Crippen molar-refractivity contribution in [2.45, 2.75) is 37.8 Å². The standard InChI is InChI=1S/C7H13NO3/c9-6-3-1-2-5(4-6)8-7(10)11/h5-6,8-9H,1-4H2,(H,10,11)/t5-,6+/m1/s1. The number of hydrogen-bond donors (Lipinski definition) is 3. The Balaban J connectivity index is 2.28. The van der Waals surface area contributed by atoms with Crippen molar-refractivity contribution in [1.29, 1.82) is 0 Å². The first-order valence-electron chi connectivity index (χ1n) is 3.86. The number of nitrogens with one attached hydrogen (secondary N) is 1. The monoisotopic (exact) mass is 159 g/mol. The van der Waals surface area contributed by atoms with Crippen molar-refractivity contribution in [2.24, 2.45) is 0 Å². The highest BCUT2D eigenvalue weighted by molar-refractivity contribution is 5.64. The zero-order valence-corrected chi connectivity index (χ0v) is 6.29. The zero-order valence-electron chi connectivity index (χ0n) is 6.29. The van der Waals surface area contributed by atoms with Crippen LogP contribution in [0, 0.1) is 0 Å². The van der Waals surface area contributed by atoms with Gasteiger partial charge in [-0.15, -0.1) is 0 Å². The maximum atomic E-state index is 10.2. The van der Waals surface area contributed by atoms with Crippen molar-refractivity contribution in [1.82, 2.24) is 5.32 Å². The maximum Gasteiger partial charge on any atom is 0.404 e. The molecule has 3 N–H and O–H groups in total. The first-order valence-corrected chi connectivity index (χ1v) is 3.86. The van der Waals surface area contributed by atoms with E-state index < -0.39 is 6.09 Å². The number of carboxylic acid groups (broad SMARTS) is 1. The molecule has 1 aliphatic rings. The molecular formula is C7H13NO3. The summed E-state index contributed by atoms with van der Waals surface area (Å²) in [5, 5.41) is 19.9. The van der Waals surface area contributed by atoms with Gasteiger partial charge in [0.25, 0.3) is 0 Å². The Labute approximate surface area is 65.2 Å². The second-order valence-electron chi connectivity index (χ2n) is 2.97. The zero-order chi connectivity index (χ0) is 8.27. The molecule has 11 heavy (non-hydrogen) atoms. The Morgan fingerprint density at radius 3 is 2.73 bits per heavy atom. The summed E-state index contributed by atoms with van der Waals surface area (Å²) in [5.41, 5.74) is 0. The van der Waals surface area contributed by atoms with Crippen LogP contribution in [0.25, 0.3) is 0 Å². The van der Waals surface area contributed by atoms with E-state index in [0.29, 0.717) is 6.42 Å². The molecule has 0 radical (unpaired) electrons. The Kier molecular flexibility index (Phi) is 2.70. The lowest BCUT2D eigenvalue weighted by atomic mass is 9.93. The largest absolute Gasteiger partial charge is 0.465 e. The van der Waals surface area contributed by atoms with Gasteiger partial charge < -0.3 is 15.5 Å². The van der Waals surface area contributed by atoms with Crippen LogP contribution in [0.4, 0.5) is 4.79 Å². The molecule has 0 unspecified atom stereocenters. The van der Waals surface area contributed by atoms with Gasteiger partial charge in [0.15, 0.2) is 0 Å². The molecule has 0 spiro atoms. The molecule has 1 fully saturated rings. The summed E-state index contributed by atoms with van der Waals surface area (Å²) in [6.45, 7) is 0. The van der Waals surface area contributed by atoms with Crippen molar-refractivity contribution in [3.63, 3.8) is 0 Å². The fourth-order valence-corrected chi connectivity index (χ4v) is 1.47. The summed E-state index contributed by atoms with van der Waals surface area (Å²) in [6.07, 6.45) is 1.81. The minimum atomic E-state index is -0.996. The second kappa shape index (κ2) is 3.57. The van der Waals surface area contributed by atoms with Gasteiger partial charge in [-0.3, -0.25) is 0 Å². The van der Waals surface area contributed by atoms with Gasteiger partial charge in [0.05, 0.1) is 6.10 Å². The van der Waals surface area contributed by atoms with E-state index >= 15 is 0 Å². The molecule has 64 valence electrons. The number of aliphatic hydroxyl groups excluding tert-OH is 1. The third-order valence-corrected chi connectivity index (χ3v) is 1.97. The van der Waals surface area contributed by atoms with Crippen LogP contribution in [0.15, 0.2) is 0 Å². The van der Waals surface area contributed by atoms with E-state index in [0.717, 1.165) is 19.3 Å². The number of rotatable bonds is 1. The molecule has 0 aromatic carbocycles. The van der Waals surface area contributed by atoms with Crippen molar-refractivity contribution < 1.29 is 15.0 Å². The maximum absolute atomic E-state index is 10.2. The lowest BCUT2D eigenvalue weighted by molar-refractivity contribution is 0.109. The normalized spacial score (nSPS) is 31.4. The predicted molar refractivity (Wildman–Crippen MR) is 39.4 cm³/mol. The summed E-state index contributed by atoms with van der Waals surface area (Å²) in [4.78, 5) is 10.2. The lowest BCUT2D eigenvalue weighted by Crippen LogP contribution is -2.38. The molecule has 0 heterocycles. The average molecular weight is 159 g/mol. The lowest BCUT2D eigenvalue weighted by Gasteiger charge is -2.25. The van der Waals surface area contributed by atoms with Crippen LogP contribution in [0.2, 0.25) is 0 Å². The third-order valence-electron chi connectivity index (χ3n) is 1.97. The molecule has 0 aromatic heterocycles. The number of carbonyl (C=O) groups is 1. The van der Waals surface area contributed by atoms with Gasteiger partial charge in [-0.2, -0.15) is 0 Å². The van der Waals surface area contributed by atoms with Crippen LogP contribution in [-0.4, -0.2) is 28.5 Å². The molecule has 1 saturated carbocycles. The summed E-state index contributed by atoms with van der Waals surface area (Å²) >= 11 is 0. The predicted octanol–water partition coefficient (Wildman–Crippen LogP) is 0.557. The van der Waals surface area contributed by atoms with Gasteiger partial charge in [-0.25, -0.2) is 4.79 Å². The topological polar surface area (TPSA) is 69.6 Å². The SMILES string of the molecule is O=C(O)N[C@@H]1CCC[C@H](O)C1.